The lowest BCUT2D eigenvalue weighted by Crippen LogP contribution is -2.23. The van der Waals surface area contributed by atoms with Gasteiger partial charge < -0.3 is 10.5 Å². The Balaban J connectivity index is 1.89. The summed E-state index contributed by atoms with van der Waals surface area (Å²) in [4.78, 5) is 2.65. The molecule has 0 saturated carbocycles. The van der Waals surface area contributed by atoms with Crippen LogP contribution >= 0.6 is 27.3 Å². The van der Waals surface area contributed by atoms with Crippen molar-refractivity contribution in [2.24, 2.45) is 5.73 Å². The number of halogens is 1. The van der Waals surface area contributed by atoms with Gasteiger partial charge in [0.25, 0.3) is 0 Å². The molecule has 0 fully saturated rings. The summed E-state index contributed by atoms with van der Waals surface area (Å²) < 4.78 is 7.23. The van der Waals surface area contributed by atoms with Crippen LogP contribution in [0.2, 0.25) is 0 Å². The molecule has 1 aliphatic heterocycles. The van der Waals surface area contributed by atoms with Crippen LogP contribution in [0.1, 0.15) is 54.7 Å². The van der Waals surface area contributed by atoms with Crippen molar-refractivity contribution in [1.82, 2.24) is 0 Å². The highest BCUT2D eigenvalue weighted by atomic mass is 79.9. The van der Waals surface area contributed by atoms with Crippen molar-refractivity contribution in [3.8, 4) is 5.75 Å². The second kappa shape index (κ2) is 5.41. The highest BCUT2D eigenvalue weighted by Gasteiger charge is 2.29. The molecule has 0 aliphatic carbocycles. The van der Waals surface area contributed by atoms with Crippen molar-refractivity contribution in [1.29, 1.82) is 0 Å². The summed E-state index contributed by atoms with van der Waals surface area (Å²) in [5.41, 5.74) is 7.61. The average Bonchev–Trinajstić information content (AvgIpc) is 2.89. The second-order valence-electron chi connectivity index (χ2n) is 6.58. The van der Waals surface area contributed by atoms with Crippen molar-refractivity contribution in [3.63, 3.8) is 0 Å². The third-order valence-electron chi connectivity index (χ3n) is 3.79. The maximum Gasteiger partial charge on any atom is 0.135 e. The molecule has 0 spiro atoms. The number of ether oxygens (including phenoxy) is 1. The van der Waals surface area contributed by atoms with E-state index < -0.39 is 0 Å². The minimum absolute atomic E-state index is 0.0245. The lowest BCUT2D eigenvalue weighted by molar-refractivity contribution is 0.165. The summed E-state index contributed by atoms with van der Waals surface area (Å²) in [7, 11) is 0. The second-order valence-corrected chi connectivity index (χ2v) is 8.61. The Morgan fingerprint density at radius 2 is 2.00 bits per heavy atom. The van der Waals surface area contributed by atoms with Crippen molar-refractivity contribution in [2.45, 2.75) is 44.8 Å². The fourth-order valence-electron chi connectivity index (χ4n) is 2.58. The quantitative estimate of drug-likeness (QED) is 0.740. The van der Waals surface area contributed by atoms with Crippen LogP contribution in [0.3, 0.4) is 0 Å². The maximum atomic E-state index is 6.34. The van der Waals surface area contributed by atoms with E-state index in [1.165, 1.54) is 9.75 Å². The van der Waals surface area contributed by atoms with Gasteiger partial charge in [0.05, 0.1) is 0 Å². The van der Waals surface area contributed by atoms with Gasteiger partial charge in [-0.05, 0) is 35.7 Å². The van der Waals surface area contributed by atoms with Crippen LogP contribution in [-0.4, -0.2) is 0 Å². The van der Waals surface area contributed by atoms with Gasteiger partial charge in [-0.2, -0.15) is 0 Å². The van der Waals surface area contributed by atoms with Crippen LogP contribution in [0.25, 0.3) is 0 Å². The van der Waals surface area contributed by atoms with Crippen molar-refractivity contribution < 1.29 is 4.74 Å². The Bertz CT molecular complexity index is 659. The number of rotatable bonds is 1. The average molecular weight is 366 g/mol. The Morgan fingerprint density at radius 3 is 2.67 bits per heavy atom. The predicted molar refractivity (Wildman–Crippen MR) is 92.1 cm³/mol. The molecule has 0 amide bonds. The fourth-order valence-corrected chi connectivity index (χ4v) is 4.07. The lowest BCUT2D eigenvalue weighted by Gasteiger charge is -2.30. The summed E-state index contributed by atoms with van der Waals surface area (Å²) in [6, 6.07) is 10.5. The molecule has 0 saturated heterocycles. The minimum Gasteiger partial charge on any atom is -0.484 e. The Morgan fingerprint density at radius 1 is 1.24 bits per heavy atom. The van der Waals surface area contributed by atoms with Gasteiger partial charge in [0, 0.05) is 32.3 Å². The number of benzene rings is 1. The standard InChI is InChI=1S/C17H20BrNOS/c1-17(2,3)16-7-6-15(21-16)14-9-12(19)11-8-10(18)4-5-13(11)20-14/h4-8,12,14H,9,19H2,1-3H3. The van der Waals surface area contributed by atoms with Crippen molar-refractivity contribution in [3.05, 3.63) is 50.1 Å². The van der Waals surface area contributed by atoms with E-state index in [4.69, 9.17) is 10.5 Å². The predicted octanol–water partition coefficient (Wildman–Crippen LogP) is 5.33. The topological polar surface area (TPSA) is 35.2 Å². The van der Waals surface area contributed by atoms with E-state index in [1.54, 1.807) is 0 Å². The van der Waals surface area contributed by atoms with Gasteiger partial charge in [0.2, 0.25) is 0 Å². The smallest absolute Gasteiger partial charge is 0.135 e. The minimum atomic E-state index is 0.0245. The van der Waals surface area contributed by atoms with E-state index in [1.807, 2.05) is 23.5 Å². The number of thiophene rings is 1. The third kappa shape index (κ3) is 3.03. The van der Waals surface area contributed by atoms with Crippen LogP contribution in [-0.2, 0) is 5.41 Å². The summed E-state index contributed by atoms with van der Waals surface area (Å²) in [5, 5.41) is 0. The van der Waals surface area contributed by atoms with Gasteiger partial charge >= 0.3 is 0 Å². The molecule has 2 heterocycles. The zero-order valence-electron chi connectivity index (χ0n) is 12.5. The molecule has 3 rings (SSSR count). The molecule has 2 nitrogen and oxygen atoms in total. The van der Waals surface area contributed by atoms with Gasteiger partial charge in [-0.1, -0.05) is 36.7 Å². The first-order chi connectivity index (χ1) is 9.84. The highest BCUT2D eigenvalue weighted by Crippen LogP contribution is 2.43. The third-order valence-corrected chi connectivity index (χ3v) is 5.89. The van der Waals surface area contributed by atoms with Gasteiger partial charge in [0.1, 0.15) is 11.9 Å². The molecular weight excluding hydrogens is 346 g/mol. The number of fused-ring (bicyclic) bond motifs is 1. The number of hydrogen-bond donors (Lipinski definition) is 1. The van der Waals surface area contributed by atoms with E-state index in [0.29, 0.717) is 0 Å². The summed E-state index contributed by atoms with van der Waals surface area (Å²) in [5.74, 6) is 0.910. The Hall–Kier alpha value is -0.840. The SMILES string of the molecule is CC(C)(C)c1ccc(C2CC(N)c3cc(Br)ccc3O2)s1. The molecule has 1 aromatic heterocycles. The largest absolute Gasteiger partial charge is 0.484 e. The van der Waals surface area contributed by atoms with Gasteiger partial charge in [-0.15, -0.1) is 11.3 Å². The van der Waals surface area contributed by atoms with Crippen LogP contribution in [0.5, 0.6) is 5.75 Å². The Labute approximate surface area is 138 Å². The zero-order valence-corrected chi connectivity index (χ0v) is 14.9. The normalized spacial score (nSPS) is 21.8. The lowest BCUT2D eigenvalue weighted by atomic mass is 9.94. The van der Waals surface area contributed by atoms with E-state index >= 15 is 0 Å². The summed E-state index contributed by atoms with van der Waals surface area (Å²) in [6.07, 6.45) is 0.892. The first-order valence-corrected chi connectivity index (χ1v) is 8.77. The first kappa shape index (κ1) is 15.1. The molecular formula is C17H20BrNOS. The molecule has 2 aromatic rings. The van der Waals surface area contributed by atoms with Crippen LogP contribution in [0.15, 0.2) is 34.8 Å². The Kier molecular flexibility index (Phi) is 3.89. The molecule has 2 unspecified atom stereocenters. The molecule has 1 aliphatic rings. The van der Waals surface area contributed by atoms with Crippen LogP contribution in [0, 0.1) is 0 Å². The molecule has 2 N–H and O–H groups in total. The van der Waals surface area contributed by atoms with Crippen LogP contribution < -0.4 is 10.5 Å². The van der Waals surface area contributed by atoms with Crippen LogP contribution in [0.4, 0.5) is 0 Å². The number of hydrogen-bond acceptors (Lipinski definition) is 3. The van der Waals surface area contributed by atoms with E-state index in [-0.39, 0.29) is 17.6 Å². The molecule has 2 atom stereocenters. The van der Waals surface area contributed by atoms with Gasteiger partial charge in [0.15, 0.2) is 0 Å². The van der Waals surface area contributed by atoms with E-state index in [2.05, 4.69) is 54.9 Å². The molecule has 1 aromatic carbocycles. The summed E-state index contributed by atoms with van der Waals surface area (Å²) >= 11 is 5.33. The first-order valence-electron chi connectivity index (χ1n) is 7.16. The maximum absolute atomic E-state index is 6.34. The molecule has 21 heavy (non-hydrogen) atoms. The number of nitrogens with two attached hydrogens (primary N) is 1. The fraction of sp³-hybridized carbons (Fsp3) is 0.412. The van der Waals surface area contributed by atoms with Crippen molar-refractivity contribution in [2.75, 3.05) is 0 Å². The van der Waals surface area contributed by atoms with Gasteiger partial charge in [-0.3, -0.25) is 0 Å². The molecule has 4 heteroatoms. The molecule has 112 valence electrons. The van der Waals surface area contributed by atoms with E-state index in [9.17, 15) is 0 Å². The van der Waals surface area contributed by atoms with Crippen molar-refractivity contribution >= 4 is 27.3 Å². The monoisotopic (exact) mass is 365 g/mol. The molecule has 0 radical (unpaired) electrons. The highest BCUT2D eigenvalue weighted by molar-refractivity contribution is 9.10. The van der Waals surface area contributed by atoms with E-state index in [0.717, 1.165) is 22.2 Å². The van der Waals surface area contributed by atoms with Gasteiger partial charge in [-0.25, -0.2) is 0 Å². The summed E-state index contributed by atoms with van der Waals surface area (Å²) in [6.45, 7) is 6.72. The molecule has 0 bridgehead atoms. The zero-order chi connectivity index (χ0) is 15.2.